The number of anilines is 1. The van der Waals surface area contributed by atoms with E-state index in [-0.39, 0.29) is 16.6 Å². The van der Waals surface area contributed by atoms with E-state index in [1.54, 1.807) is 54.9 Å². The Morgan fingerprint density at radius 3 is 2.44 bits per heavy atom. The van der Waals surface area contributed by atoms with Crippen LogP contribution < -0.4 is 30.8 Å². The third kappa shape index (κ3) is 7.38. The fraction of sp³-hybridized carbons (Fsp3) is 0.233. The highest BCUT2D eigenvalue weighted by Crippen LogP contribution is 2.35. The van der Waals surface area contributed by atoms with E-state index in [0.717, 1.165) is 16.8 Å². The zero-order chi connectivity index (χ0) is 31.3. The van der Waals surface area contributed by atoms with Gasteiger partial charge in [-0.05, 0) is 79.7 Å². The van der Waals surface area contributed by atoms with Gasteiger partial charge in [0.25, 0.3) is 0 Å². The molecule has 2 unspecified atom stereocenters. The standard InChI is InChI=1S/C30H33N5O7S/c1-4-41-26-16-21(9-11-25(26)42-18(2)3)28(35(31)23-10-8-22-17-33-13-12-19(22)14-23)29(36)34-27(30(37)38)20-6-5-7-24(15-20)43(32,39)40/h5-18,27-28H,4,31H2,1-3H3,(H,34,36)(H,37,38)(H2,32,39,40). The van der Waals surface area contributed by atoms with Crippen LogP contribution in [0.1, 0.15) is 44.0 Å². The molecule has 2 atom stereocenters. The molecule has 0 aliphatic heterocycles. The van der Waals surface area contributed by atoms with Gasteiger partial charge in [0, 0.05) is 17.8 Å². The molecule has 13 heteroatoms. The van der Waals surface area contributed by atoms with Gasteiger partial charge in [-0.2, -0.15) is 0 Å². The van der Waals surface area contributed by atoms with Crippen molar-refractivity contribution in [3.05, 3.63) is 90.3 Å². The predicted molar refractivity (Wildman–Crippen MR) is 161 cm³/mol. The molecular weight excluding hydrogens is 574 g/mol. The van der Waals surface area contributed by atoms with Gasteiger partial charge in [0.1, 0.15) is 6.04 Å². The predicted octanol–water partition coefficient (Wildman–Crippen LogP) is 3.43. The number of benzene rings is 3. The van der Waals surface area contributed by atoms with Crippen LogP contribution in [-0.4, -0.2) is 43.1 Å². The number of rotatable bonds is 12. The molecule has 1 aromatic heterocycles. The first kappa shape index (κ1) is 31.2. The van der Waals surface area contributed by atoms with Crippen LogP contribution in [0.4, 0.5) is 5.69 Å². The highest BCUT2D eigenvalue weighted by molar-refractivity contribution is 7.89. The second-order valence-corrected chi connectivity index (χ2v) is 11.5. The molecule has 4 rings (SSSR count). The normalized spacial score (nSPS) is 12.9. The number of nitrogens with zero attached hydrogens (tertiary/aromatic N) is 2. The number of nitrogens with two attached hydrogens (primary N) is 2. The first-order chi connectivity index (χ1) is 20.4. The Hall–Kier alpha value is -4.72. The quantitative estimate of drug-likeness (QED) is 0.137. The Morgan fingerprint density at radius 2 is 1.77 bits per heavy atom. The van der Waals surface area contributed by atoms with Crippen molar-refractivity contribution in [1.29, 1.82) is 0 Å². The average Bonchev–Trinajstić information content (AvgIpc) is 2.96. The number of carbonyl (C=O) groups is 2. The Bertz CT molecular complexity index is 1750. The fourth-order valence-electron chi connectivity index (χ4n) is 4.51. The molecule has 1 heterocycles. The van der Waals surface area contributed by atoms with Crippen molar-refractivity contribution in [2.24, 2.45) is 11.0 Å². The number of sulfonamides is 1. The topological polar surface area (TPSA) is 187 Å². The summed E-state index contributed by atoms with van der Waals surface area (Å²) in [4.78, 5) is 30.2. The molecule has 0 spiro atoms. The lowest BCUT2D eigenvalue weighted by Crippen LogP contribution is -2.46. The van der Waals surface area contributed by atoms with Gasteiger partial charge in [0.2, 0.25) is 15.9 Å². The van der Waals surface area contributed by atoms with Crippen LogP contribution in [0.2, 0.25) is 0 Å². The lowest BCUT2D eigenvalue weighted by atomic mass is 10.0. The molecule has 6 N–H and O–H groups in total. The van der Waals surface area contributed by atoms with E-state index in [4.69, 9.17) is 20.5 Å². The number of amides is 1. The maximum absolute atomic E-state index is 14.0. The van der Waals surface area contributed by atoms with Crippen LogP contribution >= 0.6 is 0 Å². The molecule has 0 aliphatic carbocycles. The largest absolute Gasteiger partial charge is 0.490 e. The molecule has 0 aliphatic rings. The van der Waals surface area contributed by atoms with Gasteiger partial charge in [-0.3, -0.25) is 14.8 Å². The van der Waals surface area contributed by atoms with Crippen LogP contribution in [0, 0.1) is 0 Å². The van der Waals surface area contributed by atoms with Crippen LogP contribution in [0.5, 0.6) is 11.5 Å². The van der Waals surface area contributed by atoms with Gasteiger partial charge >= 0.3 is 5.97 Å². The summed E-state index contributed by atoms with van der Waals surface area (Å²) < 4.78 is 35.5. The van der Waals surface area contributed by atoms with Gasteiger partial charge < -0.3 is 19.9 Å². The molecule has 43 heavy (non-hydrogen) atoms. The van der Waals surface area contributed by atoms with Gasteiger partial charge in [-0.1, -0.05) is 24.3 Å². The molecule has 0 saturated carbocycles. The summed E-state index contributed by atoms with van der Waals surface area (Å²) in [5.74, 6) is 5.26. The Balaban J connectivity index is 1.80. The van der Waals surface area contributed by atoms with E-state index in [0.29, 0.717) is 29.4 Å². The molecule has 0 radical (unpaired) electrons. The summed E-state index contributed by atoms with van der Waals surface area (Å²) >= 11 is 0. The van der Waals surface area contributed by atoms with Gasteiger partial charge in [0.15, 0.2) is 17.5 Å². The smallest absolute Gasteiger partial charge is 0.330 e. The van der Waals surface area contributed by atoms with E-state index in [9.17, 15) is 23.1 Å². The highest BCUT2D eigenvalue weighted by atomic mass is 32.2. The van der Waals surface area contributed by atoms with Crippen molar-refractivity contribution in [3.63, 3.8) is 0 Å². The van der Waals surface area contributed by atoms with Gasteiger partial charge in [-0.25, -0.2) is 24.2 Å². The fourth-order valence-corrected chi connectivity index (χ4v) is 5.08. The maximum atomic E-state index is 14.0. The van der Waals surface area contributed by atoms with E-state index in [1.807, 2.05) is 20.8 Å². The first-order valence-corrected chi connectivity index (χ1v) is 14.9. The number of primary sulfonamides is 1. The van der Waals surface area contributed by atoms with E-state index < -0.39 is 34.0 Å². The Labute approximate surface area is 249 Å². The van der Waals surface area contributed by atoms with Crippen molar-refractivity contribution in [3.8, 4) is 11.5 Å². The number of hydrogen-bond acceptors (Lipinski definition) is 9. The van der Waals surface area contributed by atoms with E-state index in [2.05, 4.69) is 10.3 Å². The van der Waals surface area contributed by atoms with E-state index in [1.165, 1.54) is 23.2 Å². The van der Waals surface area contributed by atoms with Crippen molar-refractivity contribution >= 4 is 38.4 Å². The van der Waals surface area contributed by atoms with Crippen LogP contribution in [-0.2, 0) is 19.6 Å². The van der Waals surface area contributed by atoms with Crippen LogP contribution in [0.25, 0.3) is 10.8 Å². The molecule has 0 fully saturated rings. The number of fused-ring (bicyclic) bond motifs is 1. The molecule has 0 saturated heterocycles. The average molecular weight is 608 g/mol. The highest BCUT2D eigenvalue weighted by Gasteiger charge is 2.32. The summed E-state index contributed by atoms with van der Waals surface area (Å²) in [7, 11) is -4.13. The summed E-state index contributed by atoms with van der Waals surface area (Å²) in [6.07, 6.45) is 3.18. The lowest BCUT2D eigenvalue weighted by molar-refractivity contribution is -0.142. The third-order valence-electron chi connectivity index (χ3n) is 6.45. The number of ether oxygens (including phenoxy) is 2. The summed E-state index contributed by atoms with van der Waals surface area (Å²) in [6.45, 7) is 5.87. The SMILES string of the molecule is CCOc1cc(C(C(=O)NC(C(=O)O)c2cccc(S(N)(=O)=O)c2)N(N)c2ccc3cnccc3c2)ccc1OC(C)C. The number of pyridine rings is 1. The maximum Gasteiger partial charge on any atom is 0.330 e. The number of carboxylic acid groups (broad SMARTS) is 1. The van der Waals surface area contributed by atoms with Crippen molar-refractivity contribution in [1.82, 2.24) is 10.3 Å². The van der Waals surface area contributed by atoms with Crippen molar-refractivity contribution < 1.29 is 32.6 Å². The molecule has 3 aromatic carbocycles. The van der Waals surface area contributed by atoms with Gasteiger partial charge in [0.05, 0.1) is 23.3 Å². The molecule has 1 amide bonds. The lowest BCUT2D eigenvalue weighted by Gasteiger charge is -2.30. The molecule has 4 aromatic rings. The molecule has 0 bridgehead atoms. The van der Waals surface area contributed by atoms with Gasteiger partial charge in [-0.15, -0.1) is 0 Å². The molecule has 12 nitrogen and oxygen atoms in total. The molecule has 226 valence electrons. The zero-order valence-electron chi connectivity index (χ0n) is 23.8. The minimum absolute atomic E-state index is 0.00332. The number of nitrogens with one attached hydrogen (secondary N) is 1. The van der Waals surface area contributed by atoms with E-state index >= 15 is 0 Å². The van der Waals surface area contributed by atoms with Crippen molar-refractivity contribution in [2.45, 2.75) is 43.9 Å². The van der Waals surface area contributed by atoms with Crippen LogP contribution in [0.15, 0.2) is 84.0 Å². The number of aromatic nitrogens is 1. The second kappa shape index (κ2) is 13.1. The van der Waals surface area contributed by atoms with Crippen molar-refractivity contribution in [2.75, 3.05) is 11.6 Å². The number of hydrogen-bond donors (Lipinski definition) is 4. The zero-order valence-corrected chi connectivity index (χ0v) is 24.6. The number of hydrazine groups is 1. The monoisotopic (exact) mass is 607 g/mol. The summed E-state index contributed by atoms with van der Waals surface area (Å²) in [5, 5.41) is 20.7. The second-order valence-electron chi connectivity index (χ2n) is 9.92. The summed E-state index contributed by atoms with van der Waals surface area (Å²) in [5.41, 5.74) is 0.850. The number of carboxylic acids is 1. The number of carbonyl (C=O) groups excluding carboxylic acids is 1. The Kier molecular flexibility index (Phi) is 9.49. The molecular formula is C30H33N5O7S. The minimum atomic E-state index is -4.13. The first-order valence-electron chi connectivity index (χ1n) is 13.4. The summed E-state index contributed by atoms with van der Waals surface area (Å²) in [6, 6.07) is 14.2. The minimum Gasteiger partial charge on any atom is -0.490 e. The Morgan fingerprint density at radius 1 is 1.00 bits per heavy atom. The number of aliphatic carboxylic acids is 1. The van der Waals surface area contributed by atoms with Crippen LogP contribution in [0.3, 0.4) is 0 Å². The third-order valence-corrected chi connectivity index (χ3v) is 7.36.